The van der Waals surface area contributed by atoms with Crippen LogP contribution in [0, 0.1) is 0 Å². The molecule has 2 N–H and O–H groups in total. The number of nitrogens with one attached hydrogen (secondary N) is 2. The van der Waals surface area contributed by atoms with Crippen molar-refractivity contribution in [2.45, 2.75) is 25.8 Å². The fraction of sp³-hybridized carbons (Fsp3) is 0.286. The molecule has 1 aliphatic heterocycles. The number of fused-ring (bicyclic) bond motifs is 2. The first-order valence-corrected chi connectivity index (χ1v) is 10.2. The van der Waals surface area contributed by atoms with Crippen LogP contribution in [0.5, 0.6) is 0 Å². The Morgan fingerprint density at radius 3 is 2.93 bits per heavy atom. The van der Waals surface area contributed by atoms with Gasteiger partial charge in [-0.05, 0) is 42.0 Å². The Labute approximate surface area is 166 Å². The van der Waals surface area contributed by atoms with E-state index in [1.165, 1.54) is 16.6 Å². The first-order chi connectivity index (χ1) is 13.6. The summed E-state index contributed by atoms with van der Waals surface area (Å²) in [6.45, 7) is 2.59. The number of pyridine rings is 1. The summed E-state index contributed by atoms with van der Waals surface area (Å²) in [5.74, 6) is -0.670. The molecular formula is C21H21N3O3S. The van der Waals surface area contributed by atoms with Crippen molar-refractivity contribution >= 4 is 34.1 Å². The molecule has 0 unspecified atom stereocenters. The molecule has 7 heteroatoms. The predicted molar refractivity (Wildman–Crippen MR) is 110 cm³/mol. The number of hydrogen-bond donors (Lipinski definition) is 2. The summed E-state index contributed by atoms with van der Waals surface area (Å²) in [5, 5.41) is 5.13. The van der Waals surface area contributed by atoms with Crippen LogP contribution in [0.1, 0.15) is 40.2 Å². The maximum Gasteiger partial charge on any atom is 0.257 e. The van der Waals surface area contributed by atoms with Crippen molar-refractivity contribution in [1.82, 2.24) is 15.2 Å². The second kappa shape index (κ2) is 7.59. The summed E-state index contributed by atoms with van der Waals surface area (Å²) in [5.41, 5.74) is 1.55. The Morgan fingerprint density at radius 2 is 2.11 bits per heavy atom. The second-order valence-corrected chi connectivity index (χ2v) is 7.82. The van der Waals surface area contributed by atoms with Crippen LogP contribution in [-0.4, -0.2) is 34.8 Å². The van der Waals surface area contributed by atoms with Crippen LogP contribution in [0.3, 0.4) is 0 Å². The molecule has 0 fully saturated rings. The average molecular weight is 395 g/mol. The van der Waals surface area contributed by atoms with Crippen molar-refractivity contribution in [2.75, 3.05) is 13.1 Å². The first kappa shape index (κ1) is 18.4. The highest BCUT2D eigenvalue weighted by Gasteiger charge is 2.30. The Balaban J connectivity index is 1.47. The third-order valence-corrected chi connectivity index (χ3v) is 6.23. The number of para-hydroxylation sites is 1. The molecule has 2 aromatic heterocycles. The molecule has 0 radical (unpaired) electrons. The van der Waals surface area contributed by atoms with Gasteiger partial charge in [0.25, 0.3) is 5.91 Å². The van der Waals surface area contributed by atoms with E-state index in [9.17, 15) is 14.4 Å². The maximum absolute atomic E-state index is 12.8. The van der Waals surface area contributed by atoms with Crippen LogP contribution in [0.2, 0.25) is 0 Å². The quantitative estimate of drug-likeness (QED) is 0.713. The molecule has 28 heavy (non-hydrogen) atoms. The summed E-state index contributed by atoms with van der Waals surface area (Å²) in [6, 6.07) is 9.15. The standard InChI is InChI=1S/C21H21N3O3S/c1-2-17-14-8-10-28-18(14)7-9-24(17)19(25)12-23-21(27)15-11-22-16-6-4-3-5-13(16)20(15)26/h3-6,8,10-11,17H,2,7,9,12H2,1H3,(H,22,26)(H,23,27)/t17-/m0/s1. The van der Waals surface area contributed by atoms with Crippen LogP contribution in [0.25, 0.3) is 10.9 Å². The van der Waals surface area contributed by atoms with E-state index in [-0.39, 0.29) is 29.5 Å². The Morgan fingerprint density at radius 1 is 1.29 bits per heavy atom. The van der Waals surface area contributed by atoms with E-state index in [4.69, 9.17) is 0 Å². The molecule has 3 heterocycles. The average Bonchev–Trinajstić information content (AvgIpc) is 3.20. The van der Waals surface area contributed by atoms with Crippen molar-refractivity contribution < 1.29 is 9.59 Å². The predicted octanol–water partition coefficient (Wildman–Crippen LogP) is 2.86. The lowest BCUT2D eigenvalue weighted by molar-refractivity contribution is -0.133. The van der Waals surface area contributed by atoms with Crippen LogP contribution in [0.15, 0.2) is 46.7 Å². The van der Waals surface area contributed by atoms with Gasteiger partial charge in [-0.3, -0.25) is 14.4 Å². The van der Waals surface area contributed by atoms with Crippen LogP contribution in [-0.2, 0) is 11.2 Å². The summed E-state index contributed by atoms with van der Waals surface area (Å²) in [6.07, 6.45) is 3.07. The van der Waals surface area contributed by atoms with E-state index >= 15 is 0 Å². The van der Waals surface area contributed by atoms with Gasteiger partial charge in [-0.15, -0.1) is 11.3 Å². The molecule has 0 saturated heterocycles. The lowest BCUT2D eigenvalue weighted by Gasteiger charge is -2.35. The van der Waals surface area contributed by atoms with E-state index in [0.29, 0.717) is 17.4 Å². The number of carbonyl (C=O) groups is 2. The number of hydrogen-bond acceptors (Lipinski definition) is 4. The molecule has 1 atom stereocenters. The molecule has 144 valence electrons. The Hall–Kier alpha value is -2.93. The minimum atomic E-state index is -0.540. The zero-order chi connectivity index (χ0) is 19.7. The Bertz CT molecular complexity index is 1100. The van der Waals surface area contributed by atoms with Gasteiger partial charge in [0, 0.05) is 28.5 Å². The minimum Gasteiger partial charge on any atom is -0.360 e. The fourth-order valence-electron chi connectivity index (χ4n) is 3.82. The minimum absolute atomic E-state index is 0.0114. The van der Waals surface area contributed by atoms with E-state index in [0.717, 1.165) is 12.8 Å². The molecule has 0 saturated carbocycles. The smallest absolute Gasteiger partial charge is 0.257 e. The Kier molecular flexibility index (Phi) is 5.00. The third-order valence-electron chi connectivity index (χ3n) is 5.24. The highest BCUT2D eigenvalue weighted by atomic mass is 32.1. The summed E-state index contributed by atoms with van der Waals surface area (Å²) >= 11 is 1.73. The number of H-pyrrole nitrogens is 1. The zero-order valence-electron chi connectivity index (χ0n) is 15.5. The number of aromatic nitrogens is 1. The molecule has 3 aromatic rings. The lowest BCUT2D eigenvalue weighted by Crippen LogP contribution is -2.45. The van der Waals surface area contributed by atoms with Crippen molar-refractivity contribution in [3.8, 4) is 0 Å². The van der Waals surface area contributed by atoms with Crippen LogP contribution in [0.4, 0.5) is 0 Å². The van der Waals surface area contributed by atoms with E-state index in [1.807, 2.05) is 11.0 Å². The van der Waals surface area contributed by atoms with Crippen molar-refractivity contribution in [1.29, 1.82) is 0 Å². The largest absolute Gasteiger partial charge is 0.360 e. The van der Waals surface area contributed by atoms with Crippen molar-refractivity contribution in [2.24, 2.45) is 0 Å². The molecule has 1 aromatic carbocycles. The van der Waals surface area contributed by atoms with Crippen molar-refractivity contribution in [3.63, 3.8) is 0 Å². The van der Waals surface area contributed by atoms with Crippen molar-refractivity contribution in [3.05, 3.63) is 68.1 Å². The lowest BCUT2D eigenvalue weighted by atomic mass is 9.98. The van der Waals surface area contributed by atoms with Gasteiger partial charge < -0.3 is 15.2 Å². The molecule has 0 spiro atoms. The summed E-state index contributed by atoms with van der Waals surface area (Å²) in [7, 11) is 0. The molecule has 1 aliphatic rings. The molecule has 6 nitrogen and oxygen atoms in total. The molecule has 0 bridgehead atoms. The summed E-state index contributed by atoms with van der Waals surface area (Å²) in [4.78, 5) is 43.9. The van der Waals surface area contributed by atoms with E-state index < -0.39 is 5.91 Å². The first-order valence-electron chi connectivity index (χ1n) is 9.34. The number of rotatable bonds is 4. The number of nitrogens with zero attached hydrogens (tertiary/aromatic N) is 1. The number of carbonyl (C=O) groups excluding carboxylic acids is 2. The zero-order valence-corrected chi connectivity index (χ0v) is 16.3. The number of aromatic amines is 1. The van der Waals surface area contributed by atoms with Gasteiger partial charge in [-0.2, -0.15) is 0 Å². The SMILES string of the molecule is CC[C@H]1c2ccsc2CCN1C(=O)CNC(=O)c1c[nH]c2ccccc2c1=O. The van der Waals surface area contributed by atoms with Gasteiger partial charge in [0.1, 0.15) is 5.56 Å². The second-order valence-electron chi connectivity index (χ2n) is 6.82. The highest BCUT2D eigenvalue weighted by molar-refractivity contribution is 7.10. The van der Waals surface area contributed by atoms with Gasteiger partial charge in [-0.1, -0.05) is 19.1 Å². The number of amides is 2. The van der Waals surface area contributed by atoms with Crippen LogP contribution >= 0.6 is 11.3 Å². The fourth-order valence-corrected chi connectivity index (χ4v) is 4.75. The number of thiophene rings is 1. The van der Waals surface area contributed by atoms with Gasteiger partial charge in [0.2, 0.25) is 11.3 Å². The monoisotopic (exact) mass is 395 g/mol. The van der Waals surface area contributed by atoms with E-state index in [2.05, 4.69) is 28.7 Å². The van der Waals surface area contributed by atoms with Gasteiger partial charge in [0.15, 0.2) is 0 Å². The van der Waals surface area contributed by atoms with Gasteiger partial charge in [-0.25, -0.2) is 0 Å². The normalized spacial score (nSPS) is 16.0. The van der Waals surface area contributed by atoms with Gasteiger partial charge >= 0.3 is 0 Å². The van der Waals surface area contributed by atoms with Gasteiger partial charge in [0.05, 0.1) is 12.6 Å². The maximum atomic E-state index is 12.8. The molecular weight excluding hydrogens is 374 g/mol. The highest BCUT2D eigenvalue weighted by Crippen LogP contribution is 2.35. The number of benzene rings is 1. The molecule has 0 aliphatic carbocycles. The molecule has 2 amide bonds. The van der Waals surface area contributed by atoms with Crippen LogP contribution < -0.4 is 10.7 Å². The summed E-state index contributed by atoms with van der Waals surface area (Å²) < 4.78 is 0. The molecule has 4 rings (SSSR count). The van der Waals surface area contributed by atoms with E-state index in [1.54, 1.807) is 29.5 Å². The topological polar surface area (TPSA) is 82.3 Å². The third kappa shape index (κ3) is 3.22.